The van der Waals surface area contributed by atoms with Gasteiger partial charge in [-0.15, -0.1) is 0 Å². The van der Waals surface area contributed by atoms with Gasteiger partial charge in [0.2, 0.25) is 0 Å². The van der Waals surface area contributed by atoms with E-state index in [4.69, 9.17) is 0 Å². The van der Waals surface area contributed by atoms with Gasteiger partial charge in [0.15, 0.2) is 0 Å². The molecule has 1 heterocycles. The van der Waals surface area contributed by atoms with E-state index in [2.05, 4.69) is 17.4 Å². The quantitative estimate of drug-likeness (QED) is 0.882. The van der Waals surface area contributed by atoms with Crippen LogP contribution in [-0.4, -0.2) is 44.6 Å². The van der Waals surface area contributed by atoms with E-state index in [-0.39, 0.29) is 12.0 Å². The number of likely N-dealkylation sites (N-methyl/N-ethyl adjacent to an activating group) is 1. The summed E-state index contributed by atoms with van der Waals surface area (Å²) in [6, 6.07) is 10.3. The molecule has 1 aromatic rings. The Hall–Kier alpha value is -1.00. The molecule has 1 aliphatic heterocycles. The summed E-state index contributed by atoms with van der Waals surface area (Å²) in [7, 11) is 1.79. The molecule has 0 spiro atoms. The van der Waals surface area contributed by atoms with Gasteiger partial charge >= 0.3 is 0 Å². The third kappa shape index (κ3) is 3.74. The van der Waals surface area contributed by atoms with E-state index < -0.39 is 6.43 Å². The highest BCUT2D eigenvalue weighted by molar-refractivity contribution is 5.27. The number of benzene rings is 1. The summed E-state index contributed by atoms with van der Waals surface area (Å²) in [6.45, 7) is 2.46. The maximum absolute atomic E-state index is 12.5. The van der Waals surface area contributed by atoms with Crippen LogP contribution < -0.4 is 5.32 Å². The van der Waals surface area contributed by atoms with Crippen molar-refractivity contribution in [3.63, 3.8) is 0 Å². The smallest absolute Gasteiger partial charge is 0.251 e. The average Bonchev–Trinajstić information content (AvgIpc) is 2.40. The highest BCUT2D eigenvalue weighted by atomic mass is 19.3. The fraction of sp³-hybridized carbons (Fsp3) is 0.600. The molecule has 1 N–H and O–H groups in total. The fourth-order valence-electron chi connectivity index (χ4n) is 3.05. The molecule has 19 heavy (non-hydrogen) atoms. The molecule has 0 amide bonds. The van der Waals surface area contributed by atoms with Crippen LogP contribution in [0, 0.1) is 0 Å². The van der Waals surface area contributed by atoms with Gasteiger partial charge in [-0.25, -0.2) is 8.78 Å². The summed E-state index contributed by atoms with van der Waals surface area (Å²) in [5, 5.41) is 3.36. The molecule has 1 fully saturated rings. The van der Waals surface area contributed by atoms with Crippen LogP contribution in [-0.2, 0) is 5.41 Å². The largest absolute Gasteiger partial charge is 0.317 e. The molecule has 0 radical (unpaired) electrons. The molecule has 1 saturated heterocycles. The first-order valence-electron chi connectivity index (χ1n) is 6.85. The van der Waals surface area contributed by atoms with Crippen LogP contribution in [0.25, 0.3) is 0 Å². The molecular weight excluding hydrogens is 246 g/mol. The molecule has 2 rings (SSSR count). The maximum Gasteiger partial charge on any atom is 0.251 e. The first-order valence-corrected chi connectivity index (χ1v) is 6.85. The Morgan fingerprint density at radius 3 is 2.42 bits per heavy atom. The number of rotatable bonds is 5. The second-order valence-electron chi connectivity index (χ2n) is 5.48. The Kier molecular flexibility index (Phi) is 4.88. The third-order valence-corrected chi connectivity index (χ3v) is 3.97. The van der Waals surface area contributed by atoms with Crippen molar-refractivity contribution in [1.82, 2.24) is 10.2 Å². The number of alkyl halides is 2. The van der Waals surface area contributed by atoms with Gasteiger partial charge in [-0.3, -0.25) is 4.90 Å². The minimum Gasteiger partial charge on any atom is -0.317 e. The van der Waals surface area contributed by atoms with E-state index >= 15 is 0 Å². The number of nitrogens with zero attached hydrogens (tertiary/aromatic N) is 1. The van der Waals surface area contributed by atoms with Gasteiger partial charge < -0.3 is 5.32 Å². The van der Waals surface area contributed by atoms with Crippen molar-refractivity contribution >= 4 is 0 Å². The van der Waals surface area contributed by atoms with Crippen LogP contribution in [0.3, 0.4) is 0 Å². The molecule has 0 unspecified atom stereocenters. The molecule has 0 atom stereocenters. The van der Waals surface area contributed by atoms with Crippen molar-refractivity contribution < 1.29 is 8.78 Å². The Bertz CT molecular complexity index is 375. The molecule has 4 heteroatoms. The van der Waals surface area contributed by atoms with Crippen LogP contribution in [0.5, 0.6) is 0 Å². The van der Waals surface area contributed by atoms with E-state index in [1.54, 1.807) is 11.9 Å². The van der Waals surface area contributed by atoms with Gasteiger partial charge in [0.05, 0.1) is 6.54 Å². The third-order valence-electron chi connectivity index (χ3n) is 3.97. The monoisotopic (exact) mass is 268 g/mol. The Morgan fingerprint density at radius 1 is 1.21 bits per heavy atom. The van der Waals surface area contributed by atoms with Gasteiger partial charge in [0, 0.05) is 12.0 Å². The fourth-order valence-corrected chi connectivity index (χ4v) is 3.05. The van der Waals surface area contributed by atoms with Crippen LogP contribution in [0.2, 0.25) is 0 Å². The van der Waals surface area contributed by atoms with Crippen LogP contribution in [0.4, 0.5) is 8.78 Å². The van der Waals surface area contributed by atoms with E-state index in [9.17, 15) is 8.78 Å². The molecule has 0 aromatic heterocycles. The van der Waals surface area contributed by atoms with Gasteiger partial charge in [-0.1, -0.05) is 30.3 Å². The van der Waals surface area contributed by atoms with Crippen LogP contribution in [0.15, 0.2) is 30.3 Å². The number of piperidine rings is 1. The van der Waals surface area contributed by atoms with E-state index in [1.165, 1.54) is 5.56 Å². The summed E-state index contributed by atoms with van der Waals surface area (Å²) < 4.78 is 25.0. The van der Waals surface area contributed by atoms with Crippen molar-refractivity contribution in [3.8, 4) is 0 Å². The summed E-state index contributed by atoms with van der Waals surface area (Å²) in [6.07, 6.45) is -0.255. The maximum atomic E-state index is 12.5. The first kappa shape index (κ1) is 14.4. The number of nitrogens with one attached hydrogen (secondary N) is 1. The Morgan fingerprint density at radius 2 is 1.84 bits per heavy atom. The van der Waals surface area contributed by atoms with Crippen LogP contribution in [0.1, 0.15) is 18.4 Å². The van der Waals surface area contributed by atoms with Gasteiger partial charge in [-0.2, -0.15) is 0 Å². The lowest BCUT2D eigenvalue weighted by molar-refractivity contribution is 0.0836. The second kappa shape index (κ2) is 6.44. The van der Waals surface area contributed by atoms with E-state index in [0.717, 1.165) is 25.9 Å². The SMILES string of the molecule is CN(CC(F)F)CC1(c2ccccc2)CCNCC1. The predicted octanol–water partition coefficient (Wildman–Crippen LogP) is 2.50. The van der Waals surface area contributed by atoms with Crippen LogP contribution >= 0.6 is 0 Å². The summed E-state index contributed by atoms with van der Waals surface area (Å²) >= 11 is 0. The van der Waals surface area contributed by atoms with Gasteiger partial charge in [0.25, 0.3) is 6.43 Å². The molecule has 0 saturated carbocycles. The Labute approximate surface area is 113 Å². The predicted molar refractivity (Wildman–Crippen MR) is 73.7 cm³/mol. The summed E-state index contributed by atoms with van der Waals surface area (Å²) in [5.41, 5.74) is 1.29. The minimum absolute atomic E-state index is 0.0101. The molecule has 106 valence electrons. The van der Waals surface area contributed by atoms with Gasteiger partial charge in [0.1, 0.15) is 0 Å². The topological polar surface area (TPSA) is 15.3 Å². The van der Waals surface area contributed by atoms with E-state index in [1.807, 2.05) is 18.2 Å². The summed E-state index contributed by atoms with van der Waals surface area (Å²) in [5.74, 6) is 0. The molecular formula is C15H22F2N2. The van der Waals surface area contributed by atoms with Crippen molar-refractivity contribution in [3.05, 3.63) is 35.9 Å². The molecule has 2 nitrogen and oxygen atoms in total. The number of hydrogen-bond acceptors (Lipinski definition) is 2. The average molecular weight is 268 g/mol. The second-order valence-corrected chi connectivity index (χ2v) is 5.48. The zero-order chi connectivity index (χ0) is 13.7. The minimum atomic E-state index is -2.26. The molecule has 1 aliphatic rings. The highest BCUT2D eigenvalue weighted by Crippen LogP contribution is 2.34. The highest BCUT2D eigenvalue weighted by Gasteiger charge is 2.35. The molecule has 0 bridgehead atoms. The van der Waals surface area contributed by atoms with E-state index in [0.29, 0.717) is 6.54 Å². The zero-order valence-corrected chi connectivity index (χ0v) is 11.4. The lowest BCUT2D eigenvalue weighted by Gasteiger charge is -2.41. The Balaban J connectivity index is 2.15. The lowest BCUT2D eigenvalue weighted by Crippen LogP contribution is -2.47. The van der Waals surface area contributed by atoms with Crippen molar-refractivity contribution in [2.75, 3.05) is 33.2 Å². The number of hydrogen-bond donors (Lipinski definition) is 1. The summed E-state index contributed by atoms with van der Waals surface area (Å²) in [4.78, 5) is 1.77. The van der Waals surface area contributed by atoms with Gasteiger partial charge in [-0.05, 0) is 38.5 Å². The van der Waals surface area contributed by atoms with Crippen molar-refractivity contribution in [1.29, 1.82) is 0 Å². The van der Waals surface area contributed by atoms with Crippen molar-refractivity contribution in [2.24, 2.45) is 0 Å². The standard InChI is InChI=1S/C15H22F2N2/c1-19(11-14(16)17)12-15(7-9-18-10-8-15)13-5-3-2-4-6-13/h2-6,14,18H,7-12H2,1H3. The number of halogens is 2. The molecule has 1 aromatic carbocycles. The zero-order valence-electron chi connectivity index (χ0n) is 11.4. The normalized spacial score (nSPS) is 19.0. The first-order chi connectivity index (χ1) is 9.12. The molecule has 0 aliphatic carbocycles. The lowest BCUT2D eigenvalue weighted by atomic mass is 9.73. The van der Waals surface area contributed by atoms with Crippen molar-refractivity contribution in [2.45, 2.75) is 24.7 Å².